The van der Waals surface area contributed by atoms with E-state index in [1.54, 1.807) is 11.8 Å². The smallest absolute Gasteiger partial charge is 0.258 e. The first kappa shape index (κ1) is 12.6. The van der Waals surface area contributed by atoms with Gasteiger partial charge < -0.3 is 4.90 Å². The summed E-state index contributed by atoms with van der Waals surface area (Å²) in [7, 11) is 0. The molecule has 0 saturated carbocycles. The summed E-state index contributed by atoms with van der Waals surface area (Å²) in [6, 6.07) is 14.8. The van der Waals surface area contributed by atoms with Gasteiger partial charge in [0.05, 0.1) is 0 Å². The zero-order valence-corrected chi connectivity index (χ0v) is 11.3. The van der Waals surface area contributed by atoms with E-state index in [9.17, 15) is 9.59 Å². The lowest BCUT2D eigenvalue weighted by Gasteiger charge is -2.17. The van der Waals surface area contributed by atoms with E-state index in [0.29, 0.717) is 17.7 Å². The zero-order valence-electron chi connectivity index (χ0n) is 11.3. The van der Waals surface area contributed by atoms with Crippen molar-refractivity contribution in [2.75, 3.05) is 11.4 Å². The Hall–Kier alpha value is -2.42. The molecule has 1 aliphatic rings. The van der Waals surface area contributed by atoms with Gasteiger partial charge in [-0.15, -0.1) is 0 Å². The van der Waals surface area contributed by atoms with Crippen molar-refractivity contribution in [2.24, 2.45) is 0 Å². The van der Waals surface area contributed by atoms with E-state index in [-0.39, 0.29) is 11.7 Å². The van der Waals surface area contributed by atoms with E-state index in [1.165, 1.54) is 0 Å². The number of amides is 1. The number of hydrogen-bond acceptors (Lipinski definition) is 2. The summed E-state index contributed by atoms with van der Waals surface area (Å²) in [6.07, 6.45) is 0.839. The maximum absolute atomic E-state index is 12.5. The van der Waals surface area contributed by atoms with Gasteiger partial charge in [-0.1, -0.05) is 30.3 Å². The molecule has 0 aliphatic carbocycles. The summed E-state index contributed by atoms with van der Waals surface area (Å²) in [5.74, 6) is 0.0110. The molecule has 3 heteroatoms. The van der Waals surface area contributed by atoms with Crippen molar-refractivity contribution >= 4 is 17.4 Å². The van der Waals surface area contributed by atoms with Crippen LogP contribution in [-0.4, -0.2) is 18.2 Å². The van der Waals surface area contributed by atoms with Gasteiger partial charge >= 0.3 is 0 Å². The predicted octanol–water partition coefficient (Wildman–Crippen LogP) is 3.09. The molecule has 0 radical (unpaired) electrons. The molecule has 1 heterocycles. The summed E-state index contributed by atoms with van der Waals surface area (Å²) in [5.41, 5.74) is 3.32. The monoisotopic (exact) mass is 265 g/mol. The van der Waals surface area contributed by atoms with Crippen LogP contribution >= 0.6 is 0 Å². The molecule has 0 spiro atoms. The van der Waals surface area contributed by atoms with Gasteiger partial charge in [-0.05, 0) is 37.1 Å². The largest absolute Gasteiger partial charge is 0.308 e. The third kappa shape index (κ3) is 2.11. The zero-order chi connectivity index (χ0) is 14.1. The average Bonchev–Trinajstić information content (AvgIpc) is 2.90. The molecule has 2 aromatic rings. The molecule has 0 unspecified atom stereocenters. The van der Waals surface area contributed by atoms with Crippen molar-refractivity contribution in [3.8, 4) is 0 Å². The number of nitrogens with zero attached hydrogens (tertiary/aromatic N) is 1. The maximum atomic E-state index is 12.5. The number of hydrogen-bond donors (Lipinski definition) is 0. The van der Waals surface area contributed by atoms with Gasteiger partial charge in [-0.3, -0.25) is 9.59 Å². The number of benzene rings is 2. The van der Waals surface area contributed by atoms with Gasteiger partial charge in [-0.25, -0.2) is 0 Å². The van der Waals surface area contributed by atoms with E-state index in [0.717, 1.165) is 17.7 Å². The molecule has 2 aromatic carbocycles. The molecule has 0 bridgehead atoms. The van der Waals surface area contributed by atoms with Crippen LogP contribution in [0, 0.1) is 0 Å². The van der Waals surface area contributed by atoms with E-state index >= 15 is 0 Å². The Labute approximate surface area is 117 Å². The molecular weight excluding hydrogens is 250 g/mol. The number of fused-ring (bicyclic) bond motifs is 1. The van der Waals surface area contributed by atoms with Crippen LogP contribution in [-0.2, 0) is 6.42 Å². The molecule has 20 heavy (non-hydrogen) atoms. The van der Waals surface area contributed by atoms with Crippen molar-refractivity contribution in [3.63, 3.8) is 0 Å². The highest BCUT2D eigenvalue weighted by Gasteiger charge is 2.25. The molecular formula is C17H15NO2. The molecule has 0 atom stereocenters. The quantitative estimate of drug-likeness (QED) is 0.782. The van der Waals surface area contributed by atoms with E-state index < -0.39 is 0 Å². The summed E-state index contributed by atoms with van der Waals surface area (Å²) in [5, 5.41) is 0. The van der Waals surface area contributed by atoms with Crippen LogP contribution in [0.5, 0.6) is 0 Å². The lowest BCUT2D eigenvalue weighted by atomic mass is 10.1. The van der Waals surface area contributed by atoms with Crippen LogP contribution in [0.4, 0.5) is 5.69 Å². The van der Waals surface area contributed by atoms with Crippen LogP contribution in [0.15, 0.2) is 48.5 Å². The van der Waals surface area contributed by atoms with Crippen LogP contribution in [0.25, 0.3) is 0 Å². The van der Waals surface area contributed by atoms with E-state index in [4.69, 9.17) is 0 Å². The predicted molar refractivity (Wildman–Crippen MR) is 78.3 cm³/mol. The minimum absolute atomic E-state index is 0.00921. The fourth-order valence-corrected chi connectivity index (χ4v) is 2.55. The highest BCUT2D eigenvalue weighted by atomic mass is 16.2. The minimum Gasteiger partial charge on any atom is -0.308 e. The highest BCUT2D eigenvalue weighted by molar-refractivity contribution is 6.08. The van der Waals surface area contributed by atoms with E-state index in [2.05, 4.69) is 0 Å². The van der Waals surface area contributed by atoms with Crippen molar-refractivity contribution in [3.05, 3.63) is 65.2 Å². The third-order valence-electron chi connectivity index (χ3n) is 3.65. The number of anilines is 1. The van der Waals surface area contributed by atoms with Crippen molar-refractivity contribution in [1.29, 1.82) is 0 Å². The Morgan fingerprint density at radius 1 is 1.00 bits per heavy atom. The lowest BCUT2D eigenvalue weighted by molar-refractivity contribution is 0.0985. The van der Waals surface area contributed by atoms with Crippen molar-refractivity contribution in [1.82, 2.24) is 0 Å². The molecule has 0 fully saturated rings. The molecule has 0 aromatic heterocycles. The Balaban J connectivity index is 1.98. The van der Waals surface area contributed by atoms with Gasteiger partial charge in [0.25, 0.3) is 5.91 Å². The van der Waals surface area contributed by atoms with Crippen molar-refractivity contribution < 1.29 is 9.59 Å². The van der Waals surface area contributed by atoms with E-state index in [1.807, 2.05) is 48.5 Å². The Kier molecular flexibility index (Phi) is 3.11. The molecule has 0 saturated heterocycles. The number of carbonyl (C=O) groups is 2. The lowest BCUT2D eigenvalue weighted by Crippen LogP contribution is -2.28. The normalized spacial score (nSPS) is 13.2. The summed E-state index contributed by atoms with van der Waals surface area (Å²) >= 11 is 0. The SMILES string of the molecule is CC(=O)c1ccc2c(c1)N(C(=O)c1ccccc1)CC2. The van der Waals surface area contributed by atoms with Crippen LogP contribution in [0.1, 0.15) is 33.2 Å². The molecule has 3 nitrogen and oxygen atoms in total. The number of carbonyl (C=O) groups excluding carboxylic acids is 2. The van der Waals surface area contributed by atoms with Crippen LogP contribution < -0.4 is 4.90 Å². The first-order valence-corrected chi connectivity index (χ1v) is 6.67. The Bertz CT molecular complexity index is 677. The second kappa shape index (κ2) is 4.93. The van der Waals surface area contributed by atoms with Crippen LogP contribution in [0.3, 0.4) is 0 Å². The summed E-state index contributed by atoms with van der Waals surface area (Å²) in [4.78, 5) is 25.8. The molecule has 100 valence electrons. The summed E-state index contributed by atoms with van der Waals surface area (Å²) in [6.45, 7) is 2.21. The summed E-state index contributed by atoms with van der Waals surface area (Å²) < 4.78 is 0. The van der Waals surface area contributed by atoms with Gasteiger partial charge in [0, 0.05) is 23.4 Å². The van der Waals surface area contributed by atoms with Gasteiger partial charge in [0.15, 0.2) is 5.78 Å². The maximum Gasteiger partial charge on any atom is 0.258 e. The highest BCUT2D eigenvalue weighted by Crippen LogP contribution is 2.30. The molecule has 1 amide bonds. The minimum atomic E-state index is -0.00921. The molecule has 0 N–H and O–H groups in total. The Morgan fingerprint density at radius 2 is 1.75 bits per heavy atom. The molecule has 1 aliphatic heterocycles. The molecule has 3 rings (SSSR count). The first-order chi connectivity index (χ1) is 9.66. The Morgan fingerprint density at radius 3 is 2.45 bits per heavy atom. The fraction of sp³-hybridized carbons (Fsp3) is 0.176. The number of Topliss-reactive ketones (excluding diaryl/α,β-unsaturated/α-hetero) is 1. The third-order valence-corrected chi connectivity index (χ3v) is 3.65. The fourth-order valence-electron chi connectivity index (χ4n) is 2.55. The van der Waals surface area contributed by atoms with Crippen LogP contribution in [0.2, 0.25) is 0 Å². The number of ketones is 1. The second-order valence-corrected chi connectivity index (χ2v) is 4.97. The van der Waals surface area contributed by atoms with Gasteiger partial charge in [0.1, 0.15) is 0 Å². The van der Waals surface area contributed by atoms with Crippen molar-refractivity contribution in [2.45, 2.75) is 13.3 Å². The average molecular weight is 265 g/mol. The first-order valence-electron chi connectivity index (χ1n) is 6.67. The van der Waals surface area contributed by atoms with Gasteiger partial charge in [-0.2, -0.15) is 0 Å². The second-order valence-electron chi connectivity index (χ2n) is 4.97. The number of rotatable bonds is 2. The van der Waals surface area contributed by atoms with Gasteiger partial charge in [0.2, 0.25) is 0 Å². The topological polar surface area (TPSA) is 37.4 Å². The standard InChI is InChI=1S/C17H15NO2/c1-12(19)15-8-7-13-9-10-18(16(13)11-15)17(20)14-5-3-2-4-6-14/h2-8,11H,9-10H2,1H3.